The topological polar surface area (TPSA) is 71.1 Å². The SMILES string of the molecule is O=C(NCc1ccc(C(F)(F)F)cc1)c1ccnc(NC(=O)c2ccccc2)c1. The fourth-order valence-corrected chi connectivity index (χ4v) is 2.51. The van der Waals surface area contributed by atoms with E-state index in [1.807, 2.05) is 0 Å². The third-order valence-electron chi connectivity index (χ3n) is 4.03. The minimum Gasteiger partial charge on any atom is -0.348 e. The van der Waals surface area contributed by atoms with Crippen molar-refractivity contribution in [2.75, 3.05) is 5.32 Å². The number of hydrogen-bond acceptors (Lipinski definition) is 3. The van der Waals surface area contributed by atoms with E-state index >= 15 is 0 Å². The van der Waals surface area contributed by atoms with Crippen molar-refractivity contribution in [1.29, 1.82) is 0 Å². The Bertz CT molecular complexity index is 1000. The largest absolute Gasteiger partial charge is 0.416 e. The van der Waals surface area contributed by atoms with Gasteiger partial charge in [0.05, 0.1) is 5.56 Å². The first-order valence-electron chi connectivity index (χ1n) is 8.60. The number of benzene rings is 2. The van der Waals surface area contributed by atoms with Gasteiger partial charge in [-0.1, -0.05) is 30.3 Å². The van der Waals surface area contributed by atoms with Gasteiger partial charge in [-0.25, -0.2) is 4.98 Å². The van der Waals surface area contributed by atoms with Gasteiger partial charge in [-0.3, -0.25) is 9.59 Å². The summed E-state index contributed by atoms with van der Waals surface area (Å²) in [5, 5.41) is 5.24. The smallest absolute Gasteiger partial charge is 0.348 e. The first-order chi connectivity index (χ1) is 13.8. The first-order valence-corrected chi connectivity index (χ1v) is 8.60. The highest BCUT2D eigenvalue weighted by Crippen LogP contribution is 2.29. The molecule has 3 rings (SSSR count). The highest BCUT2D eigenvalue weighted by molar-refractivity contribution is 6.04. The molecule has 3 aromatic rings. The molecule has 2 amide bonds. The van der Waals surface area contributed by atoms with Gasteiger partial charge < -0.3 is 10.6 Å². The second-order valence-electron chi connectivity index (χ2n) is 6.13. The van der Waals surface area contributed by atoms with E-state index < -0.39 is 17.6 Å². The maximum absolute atomic E-state index is 12.6. The van der Waals surface area contributed by atoms with Crippen LogP contribution in [0, 0.1) is 0 Å². The number of alkyl halides is 3. The van der Waals surface area contributed by atoms with Crippen LogP contribution in [-0.2, 0) is 12.7 Å². The standard InChI is InChI=1S/C21H16F3N3O2/c22-21(23,24)17-8-6-14(7-9-17)13-26-19(28)16-10-11-25-18(12-16)27-20(29)15-4-2-1-3-5-15/h1-12H,13H2,(H,26,28)(H,25,27,29). The molecule has 1 aromatic heterocycles. The monoisotopic (exact) mass is 399 g/mol. The van der Waals surface area contributed by atoms with Gasteiger partial charge in [0.25, 0.3) is 11.8 Å². The van der Waals surface area contributed by atoms with E-state index in [0.717, 1.165) is 12.1 Å². The highest BCUT2D eigenvalue weighted by Gasteiger charge is 2.29. The average Bonchev–Trinajstić information content (AvgIpc) is 2.72. The Morgan fingerprint density at radius 3 is 2.21 bits per heavy atom. The van der Waals surface area contributed by atoms with Gasteiger partial charge in [0.15, 0.2) is 0 Å². The Morgan fingerprint density at radius 2 is 1.55 bits per heavy atom. The van der Waals surface area contributed by atoms with E-state index in [2.05, 4.69) is 15.6 Å². The number of carbonyl (C=O) groups is 2. The maximum Gasteiger partial charge on any atom is 0.416 e. The van der Waals surface area contributed by atoms with Crippen molar-refractivity contribution in [1.82, 2.24) is 10.3 Å². The number of amides is 2. The lowest BCUT2D eigenvalue weighted by Crippen LogP contribution is -2.23. The van der Waals surface area contributed by atoms with Crippen LogP contribution in [0.2, 0.25) is 0 Å². The number of hydrogen-bond donors (Lipinski definition) is 2. The van der Waals surface area contributed by atoms with Gasteiger partial charge in [-0.2, -0.15) is 13.2 Å². The number of carbonyl (C=O) groups excluding carboxylic acids is 2. The van der Waals surface area contributed by atoms with E-state index in [0.29, 0.717) is 11.1 Å². The molecule has 29 heavy (non-hydrogen) atoms. The van der Waals surface area contributed by atoms with Crippen LogP contribution in [0.25, 0.3) is 0 Å². The van der Waals surface area contributed by atoms with Crippen LogP contribution in [0.3, 0.4) is 0 Å². The molecular weight excluding hydrogens is 383 g/mol. The Labute approximate surface area is 164 Å². The lowest BCUT2D eigenvalue weighted by molar-refractivity contribution is -0.137. The van der Waals surface area contributed by atoms with Crippen molar-refractivity contribution in [3.05, 3.63) is 95.2 Å². The predicted octanol–water partition coefficient (Wildman–Crippen LogP) is 4.28. The van der Waals surface area contributed by atoms with E-state index in [1.165, 1.54) is 30.5 Å². The van der Waals surface area contributed by atoms with Crippen LogP contribution in [0.5, 0.6) is 0 Å². The first kappa shape index (κ1) is 20.1. The molecule has 0 aliphatic carbocycles. The molecule has 2 aromatic carbocycles. The number of nitrogens with zero attached hydrogens (tertiary/aromatic N) is 1. The number of halogens is 3. The molecule has 0 aliphatic heterocycles. The summed E-state index contributed by atoms with van der Waals surface area (Å²) < 4.78 is 37.8. The molecule has 0 aliphatic rings. The summed E-state index contributed by atoms with van der Waals surface area (Å²) >= 11 is 0. The number of pyridine rings is 1. The molecule has 0 atom stereocenters. The summed E-state index contributed by atoms with van der Waals surface area (Å²) in [7, 11) is 0. The number of rotatable bonds is 5. The fourth-order valence-electron chi connectivity index (χ4n) is 2.51. The third-order valence-corrected chi connectivity index (χ3v) is 4.03. The lowest BCUT2D eigenvalue weighted by atomic mass is 10.1. The summed E-state index contributed by atoms with van der Waals surface area (Å²) in [5.74, 6) is -0.594. The molecule has 2 N–H and O–H groups in total. The summed E-state index contributed by atoms with van der Waals surface area (Å²) in [5.41, 5.74) is 0.486. The van der Waals surface area contributed by atoms with E-state index in [9.17, 15) is 22.8 Å². The van der Waals surface area contributed by atoms with Gasteiger partial charge in [0.1, 0.15) is 5.82 Å². The minimum absolute atomic E-state index is 0.0605. The normalized spacial score (nSPS) is 11.0. The van der Waals surface area contributed by atoms with E-state index in [4.69, 9.17) is 0 Å². The zero-order valence-electron chi connectivity index (χ0n) is 15.0. The Kier molecular flexibility index (Phi) is 5.92. The minimum atomic E-state index is -4.40. The second kappa shape index (κ2) is 8.55. The van der Waals surface area contributed by atoms with Gasteiger partial charge in [0.2, 0.25) is 0 Å². The van der Waals surface area contributed by atoms with Crippen molar-refractivity contribution in [2.45, 2.75) is 12.7 Å². The van der Waals surface area contributed by atoms with Crippen LogP contribution in [-0.4, -0.2) is 16.8 Å². The molecule has 0 fully saturated rings. The fraction of sp³-hybridized carbons (Fsp3) is 0.0952. The van der Waals surface area contributed by atoms with Gasteiger partial charge >= 0.3 is 6.18 Å². The Balaban J connectivity index is 1.61. The summed E-state index contributed by atoms with van der Waals surface area (Å²) in [6.07, 6.45) is -3.02. The van der Waals surface area contributed by atoms with Crippen molar-refractivity contribution < 1.29 is 22.8 Å². The van der Waals surface area contributed by atoms with Crippen LogP contribution >= 0.6 is 0 Å². The molecule has 8 heteroatoms. The lowest BCUT2D eigenvalue weighted by Gasteiger charge is -2.09. The zero-order valence-corrected chi connectivity index (χ0v) is 15.0. The highest BCUT2D eigenvalue weighted by atomic mass is 19.4. The molecule has 1 heterocycles. The second-order valence-corrected chi connectivity index (χ2v) is 6.13. The van der Waals surface area contributed by atoms with Crippen molar-refractivity contribution >= 4 is 17.6 Å². The molecule has 0 unspecified atom stereocenters. The molecule has 148 valence electrons. The maximum atomic E-state index is 12.6. The molecule has 0 radical (unpaired) electrons. The summed E-state index contributed by atoms with van der Waals surface area (Å²) in [6, 6.07) is 16.0. The average molecular weight is 399 g/mol. The molecule has 5 nitrogen and oxygen atoms in total. The van der Waals surface area contributed by atoms with E-state index in [-0.39, 0.29) is 23.8 Å². The molecule has 0 spiro atoms. The van der Waals surface area contributed by atoms with Crippen LogP contribution in [0.15, 0.2) is 72.9 Å². The Morgan fingerprint density at radius 1 is 0.862 bits per heavy atom. The summed E-state index contributed by atoms with van der Waals surface area (Å²) in [4.78, 5) is 28.5. The number of aromatic nitrogens is 1. The van der Waals surface area contributed by atoms with Gasteiger partial charge in [0, 0.05) is 23.9 Å². The number of anilines is 1. The van der Waals surface area contributed by atoms with Crippen LogP contribution in [0.4, 0.5) is 19.0 Å². The molecular formula is C21H16F3N3O2. The number of nitrogens with one attached hydrogen (secondary N) is 2. The molecule has 0 bridgehead atoms. The Hall–Kier alpha value is -3.68. The van der Waals surface area contributed by atoms with Gasteiger partial charge in [-0.15, -0.1) is 0 Å². The van der Waals surface area contributed by atoms with Crippen molar-refractivity contribution in [3.8, 4) is 0 Å². The summed E-state index contributed by atoms with van der Waals surface area (Å²) in [6.45, 7) is 0.0605. The van der Waals surface area contributed by atoms with Crippen LogP contribution < -0.4 is 10.6 Å². The third kappa shape index (κ3) is 5.41. The molecule has 0 saturated heterocycles. The van der Waals surface area contributed by atoms with Gasteiger partial charge in [-0.05, 0) is 42.0 Å². The van der Waals surface area contributed by atoms with Crippen molar-refractivity contribution in [2.24, 2.45) is 0 Å². The van der Waals surface area contributed by atoms with Crippen molar-refractivity contribution in [3.63, 3.8) is 0 Å². The quantitative estimate of drug-likeness (QED) is 0.673. The van der Waals surface area contributed by atoms with E-state index in [1.54, 1.807) is 30.3 Å². The predicted molar refractivity (Wildman–Crippen MR) is 101 cm³/mol. The molecule has 0 saturated carbocycles. The van der Waals surface area contributed by atoms with Crippen LogP contribution in [0.1, 0.15) is 31.8 Å². The zero-order chi connectivity index (χ0) is 20.9.